The molecule has 0 bridgehead atoms. The van der Waals surface area contributed by atoms with E-state index in [-0.39, 0.29) is 11.8 Å². The first-order valence-corrected chi connectivity index (χ1v) is 6.72. The van der Waals surface area contributed by atoms with Crippen LogP contribution in [0, 0.1) is 11.3 Å². The molecule has 2 aliphatic rings. The molecule has 1 unspecified atom stereocenters. The summed E-state index contributed by atoms with van der Waals surface area (Å²) >= 11 is 0. The third-order valence-corrected chi connectivity index (χ3v) is 4.53. The lowest BCUT2D eigenvalue weighted by molar-refractivity contribution is -0.123. The van der Waals surface area contributed by atoms with E-state index < -0.39 is 5.41 Å². The molecule has 1 amide bonds. The number of carbonyl (C=O) groups excluding carboxylic acids is 1. The Morgan fingerprint density at radius 3 is 2.63 bits per heavy atom. The summed E-state index contributed by atoms with van der Waals surface area (Å²) < 4.78 is 0. The van der Waals surface area contributed by atoms with Crippen molar-refractivity contribution in [1.82, 2.24) is 0 Å². The number of hydrazone groups is 1. The molecule has 1 saturated carbocycles. The zero-order valence-electron chi connectivity index (χ0n) is 11.4. The third kappa shape index (κ3) is 1.44. The zero-order valence-corrected chi connectivity index (χ0v) is 11.4. The predicted octanol–water partition coefficient (Wildman–Crippen LogP) is 3.38. The highest BCUT2D eigenvalue weighted by Crippen LogP contribution is 2.52. The van der Waals surface area contributed by atoms with Crippen molar-refractivity contribution in [2.24, 2.45) is 16.4 Å². The first kappa shape index (κ1) is 12.2. The van der Waals surface area contributed by atoms with Crippen LogP contribution in [0.25, 0.3) is 0 Å². The Morgan fingerprint density at radius 1 is 1.37 bits per heavy atom. The number of benzene rings is 1. The van der Waals surface area contributed by atoms with Crippen molar-refractivity contribution in [2.75, 3.05) is 5.01 Å². The Balaban J connectivity index is 2.07. The standard InChI is InChI=1S/C16H18N2O/c1-11-9-10-12(2)16(11)13(3)17-18(15(16)19)14-7-5-4-6-8-14/h4-8,12H,1,9-10H2,2-3H3/t12?,16-/m0/s1. The van der Waals surface area contributed by atoms with Gasteiger partial charge in [0.05, 0.1) is 11.4 Å². The molecule has 0 radical (unpaired) electrons. The summed E-state index contributed by atoms with van der Waals surface area (Å²) in [5, 5.41) is 6.06. The van der Waals surface area contributed by atoms with Gasteiger partial charge in [-0.1, -0.05) is 37.3 Å². The van der Waals surface area contributed by atoms with Crippen molar-refractivity contribution in [3.63, 3.8) is 0 Å². The zero-order chi connectivity index (χ0) is 13.6. The number of carbonyl (C=O) groups is 1. The fourth-order valence-corrected chi connectivity index (χ4v) is 3.47. The number of hydrogen-bond donors (Lipinski definition) is 0. The van der Waals surface area contributed by atoms with Crippen molar-refractivity contribution >= 4 is 17.3 Å². The van der Waals surface area contributed by atoms with E-state index in [1.807, 2.05) is 37.3 Å². The van der Waals surface area contributed by atoms with Crippen LogP contribution in [0.3, 0.4) is 0 Å². The van der Waals surface area contributed by atoms with Crippen LogP contribution in [0.2, 0.25) is 0 Å². The summed E-state index contributed by atoms with van der Waals surface area (Å²) in [4.78, 5) is 12.9. The normalized spacial score (nSPS) is 30.3. The van der Waals surface area contributed by atoms with E-state index >= 15 is 0 Å². The molecule has 2 atom stereocenters. The highest BCUT2D eigenvalue weighted by atomic mass is 16.2. The lowest BCUT2D eigenvalue weighted by Crippen LogP contribution is -2.42. The molecule has 3 nitrogen and oxygen atoms in total. The van der Waals surface area contributed by atoms with Gasteiger partial charge in [0.1, 0.15) is 5.41 Å². The van der Waals surface area contributed by atoms with Crippen LogP contribution in [-0.4, -0.2) is 11.6 Å². The molecule has 1 heterocycles. The summed E-state index contributed by atoms with van der Waals surface area (Å²) in [6.07, 6.45) is 1.93. The number of para-hydroxylation sites is 1. The van der Waals surface area contributed by atoms with Crippen LogP contribution >= 0.6 is 0 Å². The van der Waals surface area contributed by atoms with Crippen LogP contribution < -0.4 is 5.01 Å². The van der Waals surface area contributed by atoms with E-state index in [0.29, 0.717) is 0 Å². The van der Waals surface area contributed by atoms with Gasteiger partial charge >= 0.3 is 0 Å². The van der Waals surface area contributed by atoms with E-state index in [4.69, 9.17) is 0 Å². The third-order valence-electron chi connectivity index (χ3n) is 4.53. The maximum atomic E-state index is 12.9. The van der Waals surface area contributed by atoms with Gasteiger partial charge in [0.2, 0.25) is 0 Å². The average Bonchev–Trinajstić information content (AvgIpc) is 2.86. The van der Waals surface area contributed by atoms with E-state index in [0.717, 1.165) is 29.8 Å². The largest absolute Gasteiger partial charge is 0.271 e. The fourth-order valence-electron chi connectivity index (χ4n) is 3.47. The Bertz CT molecular complexity index is 576. The lowest BCUT2D eigenvalue weighted by Gasteiger charge is -2.28. The van der Waals surface area contributed by atoms with Gasteiger partial charge in [0.15, 0.2) is 0 Å². The summed E-state index contributed by atoms with van der Waals surface area (Å²) in [6.45, 7) is 8.22. The smallest absolute Gasteiger partial charge is 0.263 e. The van der Waals surface area contributed by atoms with Crippen LogP contribution in [0.5, 0.6) is 0 Å². The topological polar surface area (TPSA) is 32.7 Å². The number of anilines is 1. The molecule has 1 spiro atoms. The predicted molar refractivity (Wildman–Crippen MR) is 77.0 cm³/mol. The lowest BCUT2D eigenvalue weighted by atomic mass is 9.72. The number of amides is 1. The number of hydrogen-bond acceptors (Lipinski definition) is 2. The van der Waals surface area contributed by atoms with Gasteiger partial charge in [-0.2, -0.15) is 10.1 Å². The molecule has 0 saturated heterocycles. The van der Waals surface area contributed by atoms with Gasteiger partial charge in [-0.25, -0.2) is 0 Å². The van der Waals surface area contributed by atoms with Gasteiger partial charge in [-0.05, 0) is 37.8 Å². The monoisotopic (exact) mass is 254 g/mol. The molecular formula is C16H18N2O. The Morgan fingerprint density at radius 2 is 2.05 bits per heavy atom. The van der Waals surface area contributed by atoms with Crippen molar-refractivity contribution < 1.29 is 4.79 Å². The molecule has 1 aromatic rings. The highest BCUT2D eigenvalue weighted by Gasteiger charge is 2.57. The molecule has 1 aliphatic heterocycles. The van der Waals surface area contributed by atoms with E-state index in [1.165, 1.54) is 0 Å². The minimum absolute atomic E-state index is 0.0613. The summed E-state index contributed by atoms with van der Waals surface area (Å²) in [7, 11) is 0. The summed E-state index contributed by atoms with van der Waals surface area (Å²) in [5.41, 5.74) is 2.17. The van der Waals surface area contributed by atoms with Crippen molar-refractivity contribution in [1.29, 1.82) is 0 Å². The molecule has 1 aromatic carbocycles. The van der Waals surface area contributed by atoms with E-state index in [9.17, 15) is 4.79 Å². The van der Waals surface area contributed by atoms with Gasteiger partial charge in [-0.3, -0.25) is 4.79 Å². The average molecular weight is 254 g/mol. The molecule has 1 aliphatic carbocycles. The first-order chi connectivity index (χ1) is 9.08. The van der Waals surface area contributed by atoms with Crippen molar-refractivity contribution in [3.05, 3.63) is 42.5 Å². The second kappa shape index (κ2) is 4.05. The molecule has 98 valence electrons. The molecular weight excluding hydrogens is 236 g/mol. The molecule has 1 fully saturated rings. The van der Waals surface area contributed by atoms with Crippen LogP contribution in [0.4, 0.5) is 5.69 Å². The van der Waals surface area contributed by atoms with Crippen molar-refractivity contribution in [2.45, 2.75) is 26.7 Å². The van der Waals surface area contributed by atoms with E-state index in [2.05, 4.69) is 18.6 Å². The quantitative estimate of drug-likeness (QED) is 0.707. The molecule has 3 rings (SSSR count). The highest BCUT2D eigenvalue weighted by molar-refractivity contribution is 6.21. The Hall–Kier alpha value is -1.90. The molecule has 0 aromatic heterocycles. The maximum absolute atomic E-state index is 12.9. The van der Waals surface area contributed by atoms with Crippen molar-refractivity contribution in [3.8, 4) is 0 Å². The SMILES string of the molecule is C=C1CCC(C)[C@@]12C(=O)N(c1ccccc1)N=C2C. The van der Waals surface area contributed by atoms with E-state index in [1.54, 1.807) is 5.01 Å². The second-order valence-corrected chi connectivity index (χ2v) is 5.49. The van der Waals surface area contributed by atoms with Crippen LogP contribution in [0.15, 0.2) is 47.6 Å². The molecule has 3 heteroatoms. The van der Waals surface area contributed by atoms with Gasteiger partial charge in [0, 0.05) is 0 Å². The molecule has 19 heavy (non-hydrogen) atoms. The van der Waals surface area contributed by atoms with Crippen LogP contribution in [-0.2, 0) is 4.79 Å². The maximum Gasteiger partial charge on any atom is 0.263 e. The number of nitrogens with zero attached hydrogens (tertiary/aromatic N) is 2. The minimum atomic E-state index is -0.560. The number of rotatable bonds is 1. The Labute approximate surface area is 113 Å². The second-order valence-electron chi connectivity index (χ2n) is 5.49. The van der Waals surface area contributed by atoms with Crippen LogP contribution in [0.1, 0.15) is 26.7 Å². The Kier molecular flexibility index (Phi) is 2.59. The molecule has 0 N–H and O–H groups in total. The van der Waals surface area contributed by atoms with Gasteiger partial charge in [-0.15, -0.1) is 0 Å². The first-order valence-electron chi connectivity index (χ1n) is 6.72. The summed E-state index contributed by atoms with van der Waals surface area (Å²) in [5.74, 6) is 0.344. The minimum Gasteiger partial charge on any atom is -0.271 e. The fraction of sp³-hybridized carbons (Fsp3) is 0.375. The van der Waals surface area contributed by atoms with Gasteiger partial charge < -0.3 is 0 Å². The van der Waals surface area contributed by atoms with Gasteiger partial charge in [0.25, 0.3) is 5.91 Å². The summed E-state index contributed by atoms with van der Waals surface area (Å²) in [6, 6.07) is 9.61.